The Morgan fingerprint density at radius 1 is 1.42 bits per heavy atom. The molecule has 1 aromatic rings. The molecule has 2 heterocycles. The first-order chi connectivity index (χ1) is 9.15. The lowest BCUT2D eigenvalue weighted by atomic mass is 10.0. The number of amides is 1. The van der Waals surface area contributed by atoms with E-state index < -0.39 is 0 Å². The molecule has 0 radical (unpaired) electrons. The zero-order valence-electron chi connectivity index (χ0n) is 11.5. The van der Waals surface area contributed by atoms with Crippen molar-refractivity contribution in [3.8, 4) is 0 Å². The number of rotatable bonds is 3. The second-order valence-corrected chi connectivity index (χ2v) is 4.97. The molecule has 0 spiro atoms. The van der Waals surface area contributed by atoms with Gasteiger partial charge in [-0.15, -0.1) is 0 Å². The number of carbonyl (C=O) groups excluding carboxylic acids is 1. The van der Waals surface area contributed by atoms with Crippen LogP contribution < -0.4 is 10.9 Å². The van der Waals surface area contributed by atoms with Crippen molar-refractivity contribution in [1.82, 2.24) is 15.2 Å². The quantitative estimate of drug-likeness (QED) is 0.854. The van der Waals surface area contributed by atoms with E-state index in [1.54, 1.807) is 6.07 Å². The standard InChI is InChI=1S/C14H21N3O2/c1-3-11-9-17(12(4-2)8-16-11)14(19)10-5-6-15-13(18)7-10/h5-7,11-12,16H,3-4,8-9H2,1-2H3,(H,15,18). The summed E-state index contributed by atoms with van der Waals surface area (Å²) in [5.74, 6) is -0.0436. The van der Waals surface area contributed by atoms with Gasteiger partial charge in [-0.25, -0.2) is 0 Å². The van der Waals surface area contributed by atoms with Crippen LogP contribution in [0.2, 0.25) is 0 Å². The van der Waals surface area contributed by atoms with Crippen molar-refractivity contribution >= 4 is 5.91 Å². The molecular weight excluding hydrogens is 242 g/mol. The number of piperazine rings is 1. The molecule has 0 aliphatic carbocycles. The van der Waals surface area contributed by atoms with E-state index in [0.717, 1.165) is 19.4 Å². The highest BCUT2D eigenvalue weighted by Gasteiger charge is 2.30. The number of hydrogen-bond acceptors (Lipinski definition) is 3. The van der Waals surface area contributed by atoms with E-state index >= 15 is 0 Å². The molecule has 0 saturated carbocycles. The number of nitrogens with one attached hydrogen (secondary N) is 2. The number of hydrogen-bond donors (Lipinski definition) is 2. The van der Waals surface area contributed by atoms with Gasteiger partial charge in [-0.05, 0) is 18.9 Å². The van der Waals surface area contributed by atoms with Crippen LogP contribution in [0, 0.1) is 0 Å². The fourth-order valence-electron chi connectivity index (χ4n) is 2.49. The summed E-state index contributed by atoms with van der Waals surface area (Å²) in [6.45, 7) is 5.72. The molecule has 1 aliphatic heterocycles. The van der Waals surface area contributed by atoms with E-state index in [9.17, 15) is 9.59 Å². The Morgan fingerprint density at radius 2 is 2.21 bits per heavy atom. The normalized spacial score (nSPS) is 23.4. The molecule has 5 nitrogen and oxygen atoms in total. The predicted molar refractivity (Wildman–Crippen MR) is 74.3 cm³/mol. The molecule has 5 heteroatoms. The van der Waals surface area contributed by atoms with Gasteiger partial charge in [0, 0.05) is 43.0 Å². The Kier molecular flexibility index (Phi) is 4.37. The number of aromatic nitrogens is 1. The average molecular weight is 263 g/mol. The van der Waals surface area contributed by atoms with Gasteiger partial charge in [0.2, 0.25) is 5.56 Å². The molecular formula is C14H21N3O2. The van der Waals surface area contributed by atoms with Crippen molar-refractivity contribution in [2.75, 3.05) is 13.1 Å². The van der Waals surface area contributed by atoms with E-state index in [1.165, 1.54) is 12.3 Å². The van der Waals surface area contributed by atoms with Gasteiger partial charge in [0.05, 0.1) is 0 Å². The number of nitrogens with zero attached hydrogens (tertiary/aromatic N) is 1. The lowest BCUT2D eigenvalue weighted by Gasteiger charge is -2.40. The molecule has 2 unspecified atom stereocenters. The van der Waals surface area contributed by atoms with Crippen molar-refractivity contribution in [2.24, 2.45) is 0 Å². The maximum Gasteiger partial charge on any atom is 0.254 e. The topological polar surface area (TPSA) is 65.2 Å². The van der Waals surface area contributed by atoms with Crippen LogP contribution in [0.4, 0.5) is 0 Å². The van der Waals surface area contributed by atoms with E-state index in [-0.39, 0.29) is 17.5 Å². The lowest BCUT2D eigenvalue weighted by molar-refractivity contribution is 0.0575. The number of H-pyrrole nitrogens is 1. The second-order valence-electron chi connectivity index (χ2n) is 4.97. The number of aromatic amines is 1. The third-order valence-electron chi connectivity index (χ3n) is 3.75. The van der Waals surface area contributed by atoms with Gasteiger partial charge < -0.3 is 15.2 Å². The summed E-state index contributed by atoms with van der Waals surface area (Å²) in [6, 6.07) is 3.58. The highest BCUT2D eigenvalue weighted by molar-refractivity contribution is 5.94. The lowest BCUT2D eigenvalue weighted by Crippen LogP contribution is -2.57. The monoisotopic (exact) mass is 263 g/mol. The minimum absolute atomic E-state index is 0.0436. The van der Waals surface area contributed by atoms with Gasteiger partial charge >= 0.3 is 0 Å². The molecule has 2 rings (SSSR count). The predicted octanol–water partition coefficient (Wildman–Crippen LogP) is 0.978. The van der Waals surface area contributed by atoms with Crippen LogP contribution in [0.5, 0.6) is 0 Å². The molecule has 1 aliphatic rings. The third-order valence-corrected chi connectivity index (χ3v) is 3.75. The summed E-state index contributed by atoms with van der Waals surface area (Å²) < 4.78 is 0. The van der Waals surface area contributed by atoms with Crippen molar-refractivity contribution in [3.63, 3.8) is 0 Å². The Balaban J connectivity index is 2.21. The first kappa shape index (κ1) is 13.8. The van der Waals surface area contributed by atoms with Gasteiger partial charge in [0.25, 0.3) is 5.91 Å². The molecule has 0 bridgehead atoms. The van der Waals surface area contributed by atoms with Crippen LogP contribution in [0.25, 0.3) is 0 Å². The highest BCUT2D eigenvalue weighted by Crippen LogP contribution is 2.15. The second kappa shape index (κ2) is 6.02. The van der Waals surface area contributed by atoms with Crippen LogP contribution in [-0.4, -0.2) is 41.0 Å². The number of pyridine rings is 1. The minimum Gasteiger partial charge on any atom is -0.333 e. The molecule has 2 atom stereocenters. The summed E-state index contributed by atoms with van der Waals surface area (Å²) >= 11 is 0. The summed E-state index contributed by atoms with van der Waals surface area (Å²) in [7, 11) is 0. The molecule has 104 valence electrons. The van der Waals surface area contributed by atoms with Crippen molar-refractivity contribution in [1.29, 1.82) is 0 Å². The largest absolute Gasteiger partial charge is 0.333 e. The molecule has 1 saturated heterocycles. The summed E-state index contributed by atoms with van der Waals surface area (Å²) in [6.07, 6.45) is 3.43. The maximum atomic E-state index is 12.5. The fraction of sp³-hybridized carbons (Fsp3) is 0.571. The zero-order chi connectivity index (χ0) is 13.8. The molecule has 1 amide bonds. The van der Waals surface area contributed by atoms with Crippen LogP contribution >= 0.6 is 0 Å². The summed E-state index contributed by atoms with van der Waals surface area (Å²) in [5.41, 5.74) is 0.236. The van der Waals surface area contributed by atoms with Crippen molar-refractivity contribution in [2.45, 2.75) is 38.8 Å². The van der Waals surface area contributed by atoms with Gasteiger partial charge in [-0.1, -0.05) is 13.8 Å². The molecule has 19 heavy (non-hydrogen) atoms. The van der Waals surface area contributed by atoms with Gasteiger partial charge in [-0.3, -0.25) is 9.59 Å². The maximum absolute atomic E-state index is 12.5. The van der Waals surface area contributed by atoms with Crippen LogP contribution in [0.1, 0.15) is 37.0 Å². The van der Waals surface area contributed by atoms with E-state index in [4.69, 9.17) is 0 Å². The molecule has 1 fully saturated rings. The first-order valence-corrected chi connectivity index (χ1v) is 6.88. The number of carbonyl (C=O) groups is 1. The fourth-order valence-corrected chi connectivity index (χ4v) is 2.49. The molecule has 0 aromatic carbocycles. The molecule has 1 aromatic heterocycles. The van der Waals surface area contributed by atoms with Gasteiger partial charge in [-0.2, -0.15) is 0 Å². The molecule has 2 N–H and O–H groups in total. The Labute approximate surface area is 113 Å². The first-order valence-electron chi connectivity index (χ1n) is 6.88. The SMILES string of the molecule is CCC1CN(C(=O)c2cc[nH]c(=O)c2)C(CC)CN1. The van der Waals surface area contributed by atoms with Gasteiger partial charge in [0.15, 0.2) is 0 Å². The minimum atomic E-state index is -0.235. The van der Waals surface area contributed by atoms with E-state index in [0.29, 0.717) is 18.2 Å². The van der Waals surface area contributed by atoms with E-state index in [1.807, 2.05) is 4.90 Å². The Bertz CT molecular complexity index is 497. The Morgan fingerprint density at radius 3 is 2.84 bits per heavy atom. The third kappa shape index (κ3) is 3.04. The van der Waals surface area contributed by atoms with Crippen molar-refractivity contribution < 1.29 is 4.79 Å². The summed E-state index contributed by atoms with van der Waals surface area (Å²) in [5, 5.41) is 3.46. The average Bonchev–Trinajstić information content (AvgIpc) is 2.45. The zero-order valence-corrected chi connectivity index (χ0v) is 11.5. The summed E-state index contributed by atoms with van der Waals surface area (Å²) in [4.78, 5) is 28.3. The van der Waals surface area contributed by atoms with Gasteiger partial charge in [0.1, 0.15) is 0 Å². The highest BCUT2D eigenvalue weighted by atomic mass is 16.2. The van der Waals surface area contributed by atoms with E-state index in [2.05, 4.69) is 24.1 Å². The van der Waals surface area contributed by atoms with Crippen LogP contribution in [0.3, 0.4) is 0 Å². The van der Waals surface area contributed by atoms with Crippen LogP contribution in [-0.2, 0) is 0 Å². The Hall–Kier alpha value is -1.62. The van der Waals surface area contributed by atoms with Crippen LogP contribution in [0.15, 0.2) is 23.1 Å². The van der Waals surface area contributed by atoms with Crippen molar-refractivity contribution in [3.05, 3.63) is 34.2 Å². The smallest absolute Gasteiger partial charge is 0.254 e.